The molecule has 1 atom stereocenters. The first-order chi connectivity index (χ1) is 8.67. The lowest BCUT2D eigenvalue weighted by molar-refractivity contribution is -0.147. The zero-order valence-electron chi connectivity index (χ0n) is 11.1. The van der Waals surface area contributed by atoms with Crippen LogP contribution in [0.15, 0.2) is 24.3 Å². The summed E-state index contributed by atoms with van der Waals surface area (Å²) in [6, 6.07) is 7.74. The van der Waals surface area contributed by atoms with E-state index in [0.29, 0.717) is 6.04 Å². The molecule has 1 aliphatic rings. The van der Waals surface area contributed by atoms with Gasteiger partial charge in [0, 0.05) is 6.04 Å². The van der Waals surface area contributed by atoms with Crippen molar-refractivity contribution < 1.29 is 14.3 Å². The van der Waals surface area contributed by atoms with Crippen LogP contribution in [0.1, 0.15) is 24.4 Å². The van der Waals surface area contributed by atoms with Gasteiger partial charge in [0.25, 0.3) is 0 Å². The number of carbonyl (C=O) groups excluding carboxylic acids is 1. The van der Waals surface area contributed by atoms with Gasteiger partial charge in [0.1, 0.15) is 11.8 Å². The highest BCUT2D eigenvalue weighted by Gasteiger charge is 2.36. The van der Waals surface area contributed by atoms with Crippen molar-refractivity contribution >= 4 is 5.97 Å². The van der Waals surface area contributed by atoms with Crippen LogP contribution < -0.4 is 4.74 Å². The Balaban J connectivity index is 2.23. The lowest BCUT2D eigenvalue weighted by atomic mass is 10.1. The Morgan fingerprint density at radius 2 is 1.89 bits per heavy atom. The van der Waals surface area contributed by atoms with Gasteiger partial charge in [0.15, 0.2) is 0 Å². The Morgan fingerprint density at radius 3 is 2.33 bits per heavy atom. The minimum Gasteiger partial charge on any atom is -0.497 e. The van der Waals surface area contributed by atoms with Crippen LogP contribution >= 0.6 is 0 Å². The van der Waals surface area contributed by atoms with Crippen LogP contribution in [0, 0.1) is 0 Å². The number of hydrogen-bond donors (Lipinski definition) is 0. The normalized spacial score (nSPS) is 16.4. The summed E-state index contributed by atoms with van der Waals surface area (Å²) < 4.78 is 10.0. The van der Waals surface area contributed by atoms with Gasteiger partial charge < -0.3 is 9.47 Å². The number of esters is 1. The maximum atomic E-state index is 11.9. The van der Waals surface area contributed by atoms with Crippen LogP contribution in [0.5, 0.6) is 5.75 Å². The Kier molecular flexibility index (Phi) is 3.87. The quantitative estimate of drug-likeness (QED) is 0.748. The Labute approximate surface area is 107 Å². The molecule has 4 heteroatoms. The third kappa shape index (κ3) is 2.64. The molecular weight excluding hydrogens is 230 g/mol. The summed E-state index contributed by atoms with van der Waals surface area (Å²) in [5.41, 5.74) is 0.942. The van der Waals surface area contributed by atoms with Crippen molar-refractivity contribution in [2.75, 3.05) is 21.3 Å². The largest absolute Gasteiger partial charge is 0.497 e. The number of benzene rings is 1. The first kappa shape index (κ1) is 12.9. The summed E-state index contributed by atoms with van der Waals surface area (Å²) in [4.78, 5) is 14.0. The molecule has 0 N–H and O–H groups in total. The molecule has 18 heavy (non-hydrogen) atoms. The molecule has 1 saturated carbocycles. The second-order valence-electron chi connectivity index (χ2n) is 4.60. The molecule has 0 aliphatic heterocycles. The standard InChI is InChI=1S/C14H19NO3/c1-15(11-6-7-11)13(14(16)18-3)10-4-8-12(17-2)9-5-10/h4-5,8-9,11,13H,6-7H2,1-3H3. The molecule has 98 valence electrons. The third-order valence-electron chi connectivity index (χ3n) is 3.39. The fourth-order valence-corrected chi connectivity index (χ4v) is 2.13. The maximum Gasteiger partial charge on any atom is 0.327 e. The van der Waals surface area contributed by atoms with E-state index in [1.54, 1.807) is 7.11 Å². The van der Waals surface area contributed by atoms with Crippen LogP contribution in [-0.4, -0.2) is 38.2 Å². The Bertz CT molecular complexity index is 412. The van der Waals surface area contributed by atoms with E-state index in [2.05, 4.69) is 4.90 Å². The van der Waals surface area contributed by atoms with Gasteiger partial charge in [-0.05, 0) is 37.6 Å². The average Bonchev–Trinajstić information content (AvgIpc) is 3.23. The molecule has 0 amide bonds. The summed E-state index contributed by atoms with van der Waals surface area (Å²) in [5, 5.41) is 0. The maximum absolute atomic E-state index is 11.9. The highest BCUT2D eigenvalue weighted by atomic mass is 16.5. The van der Waals surface area contributed by atoms with Crippen molar-refractivity contribution in [1.29, 1.82) is 0 Å². The first-order valence-electron chi connectivity index (χ1n) is 6.11. The zero-order valence-corrected chi connectivity index (χ0v) is 11.1. The van der Waals surface area contributed by atoms with Crippen LogP contribution in [0.4, 0.5) is 0 Å². The molecule has 2 rings (SSSR count). The van der Waals surface area contributed by atoms with Crippen LogP contribution in [-0.2, 0) is 9.53 Å². The van der Waals surface area contributed by atoms with E-state index in [1.807, 2.05) is 31.3 Å². The van der Waals surface area contributed by atoms with E-state index in [-0.39, 0.29) is 12.0 Å². The molecule has 0 bridgehead atoms. The van der Waals surface area contributed by atoms with Crippen molar-refractivity contribution in [3.05, 3.63) is 29.8 Å². The fraction of sp³-hybridized carbons (Fsp3) is 0.500. The number of nitrogens with zero attached hydrogens (tertiary/aromatic N) is 1. The van der Waals surface area contributed by atoms with Crippen molar-refractivity contribution in [3.8, 4) is 5.75 Å². The lowest BCUT2D eigenvalue weighted by Gasteiger charge is -2.26. The molecule has 0 spiro atoms. The highest BCUT2D eigenvalue weighted by molar-refractivity contribution is 5.77. The molecule has 0 aromatic heterocycles. The first-order valence-corrected chi connectivity index (χ1v) is 6.11. The summed E-state index contributed by atoms with van der Waals surface area (Å²) in [5.74, 6) is 0.575. The molecule has 0 heterocycles. The Hall–Kier alpha value is -1.55. The van der Waals surface area contributed by atoms with E-state index in [9.17, 15) is 4.79 Å². The molecule has 1 aliphatic carbocycles. The van der Waals surface area contributed by atoms with Gasteiger partial charge in [-0.2, -0.15) is 0 Å². The molecule has 4 nitrogen and oxygen atoms in total. The molecule has 0 saturated heterocycles. The SMILES string of the molecule is COC(=O)C(c1ccc(OC)cc1)N(C)C1CC1. The number of rotatable bonds is 5. The topological polar surface area (TPSA) is 38.8 Å². The average molecular weight is 249 g/mol. The van der Waals surface area contributed by atoms with Crippen LogP contribution in [0.3, 0.4) is 0 Å². The number of ether oxygens (including phenoxy) is 2. The minimum atomic E-state index is -0.326. The van der Waals surface area contributed by atoms with E-state index < -0.39 is 0 Å². The number of carbonyl (C=O) groups is 1. The van der Waals surface area contributed by atoms with Crippen LogP contribution in [0.2, 0.25) is 0 Å². The van der Waals surface area contributed by atoms with Crippen molar-refractivity contribution in [2.24, 2.45) is 0 Å². The summed E-state index contributed by atoms with van der Waals surface area (Å²) >= 11 is 0. The molecule has 1 fully saturated rings. The van der Waals surface area contributed by atoms with Crippen molar-refractivity contribution in [2.45, 2.75) is 24.9 Å². The monoisotopic (exact) mass is 249 g/mol. The highest BCUT2D eigenvalue weighted by Crippen LogP contribution is 2.33. The van der Waals surface area contributed by atoms with E-state index in [4.69, 9.17) is 9.47 Å². The van der Waals surface area contributed by atoms with Gasteiger partial charge in [0.2, 0.25) is 0 Å². The van der Waals surface area contributed by atoms with E-state index in [1.165, 1.54) is 7.11 Å². The molecular formula is C14H19NO3. The third-order valence-corrected chi connectivity index (χ3v) is 3.39. The van der Waals surface area contributed by atoms with Crippen molar-refractivity contribution in [3.63, 3.8) is 0 Å². The molecule has 0 radical (unpaired) electrons. The smallest absolute Gasteiger partial charge is 0.327 e. The number of hydrogen-bond acceptors (Lipinski definition) is 4. The predicted octanol–water partition coefficient (Wildman–Crippen LogP) is 2.00. The van der Waals surface area contributed by atoms with Gasteiger partial charge >= 0.3 is 5.97 Å². The number of likely N-dealkylation sites (N-methyl/N-ethyl adjacent to an activating group) is 1. The lowest BCUT2D eigenvalue weighted by Crippen LogP contribution is -2.33. The zero-order chi connectivity index (χ0) is 13.1. The summed E-state index contributed by atoms with van der Waals surface area (Å²) in [7, 11) is 5.03. The van der Waals surface area contributed by atoms with Gasteiger partial charge in [-0.3, -0.25) is 4.90 Å². The minimum absolute atomic E-state index is 0.213. The fourth-order valence-electron chi connectivity index (χ4n) is 2.13. The van der Waals surface area contributed by atoms with E-state index >= 15 is 0 Å². The molecule has 1 aromatic rings. The summed E-state index contributed by atoms with van der Waals surface area (Å²) in [6.45, 7) is 0. The Morgan fingerprint density at radius 1 is 1.28 bits per heavy atom. The van der Waals surface area contributed by atoms with Gasteiger partial charge in [0.05, 0.1) is 14.2 Å². The number of methoxy groups -OCH3 is 2. The predicted molar refractivity (Wildman–Crippen MR) is 68.5 cm³/mol. The van der Waals surface area contributed by atoms with Gasteiger partial charge in [-0.25, -0.2) is 4.79 Å². The van der Waals surface area contributed by atoms with Gasteiger partial charge in [-0.15, -0.1) is 0 Å². The summed E-state index contributed by atoms with van der Waals surface area (Å²) in [6.07, 6.45) is 2.31. The van der Waals surface area contributed by atoms with Gasteiger partial charge in [-0.1, -0.05) is 12.1 Å². The van der Waals surface area contributed by atoms with E-state index in [0.717, 1.165) is 24.2 Å². The second kappa shape index (κ2) is 5.40. The van der Waals surface area contributed by atoms with Crippen LogP contribution in [0.25, 0.3) is 0 Å². The van der Waals surface area contributed by atoms with Crippen molar-refractivity contribution in [1.82, 2.24) is 4.90 Å². The molecule has 1 unspecified atom stereocenters. The molecule has 1 aromatic carbocycles. The second-order valence-corrected chi connectivity index (χ2v) is 4.60.